The average molecular weight is 347 g/mol. The molecule has 0 radical (unpaired) electrons. The zero-order valence-corrected chi connectivity index (χ0v) is 17.7. The Labute approximate surface area is 155 Å². The zero-order valence-electron chi connectivity index (χ0n) is 17.7. The molecule has 0 amide bonds. The molecule has 0 fully saturated rings. The van der Waals surface area contributed by atoms with Crippen molar-refractivity contribution >= 4 is 5.78 Å². The third-order valence-corrected chi connectivity index (χ3v) is 4.61. The summed E-state index contributed by atoms with van der Waals surface area (Å²) in [4.78, 5) is 12.0. The SMILES string of the molecule is CCCCCCCOc1c(C(C)(C)C)cc(C(C)=O)cc1C(C)(C)C. The van der Waals surface area contributed by atoms with E-state index < -0.39 is 0 Å². The van der Waals surface area contributed by atoms with Gasteiger partial charge in [-0.1, -0.05) is 74.1 Å². The van der Waals surface area contributed by atoms with Crippen molar-refractivity contribution < 1.29 is 9.53 Å². The molecule has 2 heteroatoms. The first-order valence-electron chi connectivity index (χ1n) is 9.81. The van der Waals surface area contributed by atoms with E-state index in [2.05, 4.69) is 48.5 Å². The molecule has 1 aromatic carbocycles. The molecule has 1 rings (SSSR count). The Bertz CT molecular complexity index is 536. The Hall–Kier alpha value is -1.31. The first kappa shape index (κ1) is 21.7. The van der Waals surface area contributed by atoms with Crippen LogP contribution in [-0.4, -0.2) is 12.4 Å². The maximum absolute atomic E-state index is 12.0. The minimum atomic E-state index is -0.0665. The molecular weight excluding hydrogens is 308 g/mol. The van der Waals surface area contributed by atoms with Crippen LogP contribution >= 0.6 is 0 Å². The van der Waals surface area contributed by atoms with Crippen molar-refractivity contribution in [3.8, 4) is 5.75 Å². The standard InChI is InChI=1S/C23H38O2/c1-9-10-11-12-13-14-25-21-19(22(3,4)5)15-18(17(2)24)16-20(21)23(6,7)8/h15-16H,9-14H2,1-8H3. The van der Waals surface area contributed by atoms with Crippen molar-refractivity contribution in [2.45, 2.75) is 98.3 Å². The van der Waals surface area contributed by atoms with Crippen molar-refractivity contribution in [2.24, 2.45) is 0 Å². The number of ether oxygens (including phenoxy) is 1. The van der Waals surface area contributed by atoms with Gasteiger partial charge in [-0.25, -0.2) is 0 Å². The van der Waals surface area contributed by atoms with Gasteiger partial charge in [-0.2, -0.15) is 0 Å². The summed E-state index contributed by atoms with van der Waals surface area (Å²) in [5, 5.41) is 0. The smallest absolute Gasteiger partial charge is 0.159 e. The Morgan fingerprint density at radius 2 is 1.36 bits per heavy atom. The van der Waals surface area contributed by atoms with Gasteiger partial charge < -0.3 is 4.74 Å². The van der Waals surface area contributed by atoms with Crippen LogP contribution in [0.5, 0.6) is 5.75 Å². The van der Waals surface area contributed by atoms with E-state index in [1.807, 2.05) is 12.1 Å². The number of hydrogen-bond donors (Lipinski definition) is 0. The highest BCUT2D eigenvalue weighted by Gasteiger charge is 2.28. The van der Waals surface area contributed by atoms with E-state index in [1.165, 1.54) is 25.7 Å². The predicted octanol–water partition coefficient (Wildman–Crippen LogP) is 6.83. The molecule has 0 unspecified atom stereocenters. The Morgan fingerprint density at radius 3 is 1.76 bits per heavy atom. The summed E-state index contributed by atoms with van der Waals surface area (Å²) in [5.41, 5.74) is 2.92. The second-order valence-corrected chi connectivity index (χ2v) is 9.22. The monoisotopic (exact) mass is 346 g/mol. The summed E-state index contributed by atoms with van der Waals surface area (Å²) in [7, 11) is 0. The molecule has 0 aliphatic carbocycles. The largest absolute Gasteiger partial charge is 0.493 e. The lowest BCUT2D eigenvalue weighted by molar-refractivity contribution is 0.101. The molecule has 0 heterocycles. The number of Topliss-reactive ketones (excluding diaryl/α,β-unsaturated/α-hetero) is 1. The molecule has 0 aromatic heterocycles. The van der Waals surface area contributed by atoms with Crippen LogP contribution < -0.4 is 4.74 Å². The second-order valence-electron chi connectivity index (χ2n) is 9.22. The number of rotatable bonds is 8. The fraction of sp³-hybridized carbons (Fsp3) is 0.696. The van der Waals surface area contributed by atoms with E-state index in [1.54, 1.807) is 6.92 Å². The van der Waals surface area contributed by atoms with Crippen molar-refractivity contribution in [1.29, 1.82) is 0 Å². The van der Waals surface area contributed by atoms with Crippen LogP contribution in [0.25, 0.3) is 0 Å². The van der Waals surface area contributed by atoms with E-state index >= 15 is 0 Å². The molecule has 0 saturated carbocycles. The highest BCUT2D eigenvalue weighted by atomic mass is 16.5. The van der Waals surface area contributed by atoms with Gasteiger partial charge >= 0.3 is 0 Å². The van der Waals surface area contributed by atoms with Crippen LogP contribution in [0.4, 0.5) is 0 Å². The fourth-order valence-corrected chi connectivity index (χ4v) is 2.98. The molecular formula is C23H38O2. The van der Waals surface area contributed by atoms with Crippen LogP contribution in [0.3, 0.4) is 0 Å². The summed E-state index contributed by atoms with van der Waals surface area (Å²) in [5.74, 6) is 1.10. The number of unbranched alkanes of at least 4 members (excludes halogenated alkanes) is 4. The highest BCUT2D eigenvalue weighted by molar-refractivity contribution is 5.95. The lowest BCUT2D eigenvalue weighted by Gasteiger charge is -2.30. The normalized spacial score (nSPS) is 12.3. The Morgan fingerprint density at radius 1 is 0.880 bits per heavy atom. The first-order chi connectivity index (χ1) is 11.5. The van der Waals surface area contributed by atoms with E-state index in [0.29, 0.717) is 0 Å². The molecule has 25 heavy (non-hydrogen) atoms. The van der Waals surface area contributed by atoms with Crippen LogP contribution in [0, 0.1) is 0 Å². The average Bonchev–Trinajstić information content (AvgIpc) is 2.48. The number of benzene rings is 1. The molecule has 2 nitrogen and oxygen atoms in total. The summed E-state index contributed by atoms with van der Waals surface area (Å²) < 4.78 is 6.32. The summed E-state index contributed by atoms with van der Waals surface area (Å²) in [6.45, 7) is 17.7. The number of carbonyl (C=O) groups is 1. The van der Waals surface area contributed by atoms with Gasteiger partial charge in [-0.05, 0) is 36.3 Å². The van der Waals surface area contributed by atoms with Crippen molar-refractivity contribution in [1.82, 2.24) is 0 Å². The van der Waals surface area contributed by atoms with Gasteiger partial charge in [0.1, 0.15) is 5.75 Å². The number of ketones is 1. The summed E-state index contributed by atoms with van der Waals surface area (Å²) >= 11 is 0. The highest BCUT2D eigenvalue weighted by Crippen LogP contribution is 2.41. The van der Waals surface area contributed by atoms with Gasteiger partial charge in [0.25, 0.3) is 0 Å². The molecule has 0 bridgehead atoms. The van der Waals surface area contributed by atoms with Gasteiger partial charge in [0, 0.05) is 16.7 Å². The van der Waals surface area contributed by atoms with Gasteiger partial charge in [0.2, 0.25) is 0 Å². The maximum Gasteiger partial charge on any atom is 0.159 e. The van der Waals surface area contributed by atoms with Crippen molar-refractivity contribution in [2.75, 3.05) is 6.61 Å². The van der Waals surface area contributed by atoms with E-state index in [-0.39, 0.29) is 16.6 Å². The Balaban J connectivity index is 3.20. The summed E-state index contributed by atoms with van der Waals surface area (Å²) in [6, 6.07) is 4.06. The van der Waals surface area contributed by atoms with E-state index in [9.17, 15) is 4.79 Å². The molecule has 0 N–H and O–H groups in total. The van der Waals surface area contributed by atoms with Gasteiger partial charge in [-0.3, -0.25) is 4.79 Å². The topological polar surface area (TPSA) is 26.3 Å². The van der Waals surface area contributed by atoms with Crippen LogP contribution in [0.15, 0.2) is 12.1 Å². The maximum atomic E-state index is 12.0. The minimum Gasteiger partial charge on any atom is -0.493 e. The lowest BCUT2D eigenvalue weighted by atomic mass is 9.78. The third kappa shape index (κ3) is 6.49. The molecule has 142 valence electrons. The van der Waals surface area contributed by atoms with Gasteiger partial charge in [0.05, 0.1) is 6.61 Å². The number of hydrogen-bond acceptors (Lipinski definition) is 2. The quantitative estimate of drug-likeness (QED) is 0.381. The van der Waals surface area contributed by atoms with Gasteiger partial charge in [0.15, 0.2) is 5.78 Å². The minimum absolute atomic E-state index is 0.0665. The van der Waals surface area contributed by atoms with Crippen LogP contribution in [0.2, 0.25) is 0 Å². The van der Waals surface area contributed by atoms with Crippen molar-refractivity contribution in [3.05, 3.63) is 28.8 Å². The van der Waals surface area contributed by atoms with Crippen LogP contribution in [0.1, 0.15) is 109 Å². The molecule has 0 atom stereocenters. The molecule has 0 spiro atoms. The summed E-state index contributed by atoms with van der Waals surface area (Å²) in [6.07, 6.45) is 6.14. The van der Waals surface area contributed by atoms with Crippen LogP contribution in [-0.2, 0) is 10.8 Å². The molecule has 1 aromatic rings. The third-order valence-electron chi connectivity index (χ3n) is 4.61. The zero-order chi connectivity index (χ0) is 19.3. The lowest BCUT2D eigenvalue weighted by Crippen LogP contribution is -2.21. The Kier molecular flexibility index (Phi) is 7.71. The molecule has 0 aliphatic heterocycles. The molecule has 0 aliphatic rings. The fourth-order valence-electron chi connectivity index (χ4n) is 2.98. The van der Waals surface area contributed by atoms with Crippen molar-refractivity contribution in [3.63, 3.8) is 0 Å². The second kappa shape index (κ2) is 8.87. The number of carbonyl (C=O) groups excluding carboxylic acids is 1. The molecule has 0 saturated heterocycles. The van der Waals surface area contributed by atoms with E-state index in [4.69, 9.17) is 4.74 Å². The predicted molar refractivity (Wildman–Crippen MR) is 108 cm³/mol. The van der Waals surface area contributed by atoms with E-state index in [0.717, 1.165) is 35.5 Å². The first-order valence-corrected chi connectivity index (χ1v) is 9.81. The van der Waals surface area contributed by atoms with Gasteiger partial charge in [-0.15, -0.1) is 0 Å².